The van der Waals surface area contributed by atoms with Crippen molar-refractivity contribution >= 4 is 40.2 Å². The molecular formula is C10H9ClF2INO2. The molecule has 0 aliphatic carbocycles. The third kappa shape index (κ3) is 3.48. The van der Waals surface area contributed by atoms with Gasteiger partial charge in [-0.15, -0.1) is 11.6 Å². The van der Waals surface area contributed by atoms with Crippen molar-refractivity contribution in [3.05, 3.63) is 26.6 Å². The molecule has 0 aliphatic rings. The van der Waals surface area contributed by atoms with Crippen LogP contribution in [0.4, 0.5) is 8.78 Å². The largest absolute Gasteiger partial charge is 0.469 e. The van der Waals surface area contributed by atoms with Crippen LogP contribution in [0, 0.1) is 3.57 Å². The number of hydrogen-bond donors (Lipinski definition) is 0. The molecule has 0 saturated carbocycles. The quantitative estimate of drug-likeness (QED) is 0.461. The molecule has 0 N–H and O–H groups in total. The van der Waals surface area contributed by atoms with Crippen LogP contribution < -0.4 is 0 Å². The van der Waals surface area contributed by atoms with Crippen molar-refractivity contribution in [1.82, 2.24) is 4.98 Å². The molecule has 17 heavy (non-hydrogen) atoms. The summed E-state index contributed by atoms with van der Waals surface area (Å²) in [6.07, 6.45) is -1.56. The van der Waals surface area contributed by atoms with E-state index in [1.807, 2.05) is 0 Å². The molecule has 0 spiro atoms. The Kier molecular flexibility index (Phi) is 5.51. The van der Waals surface area contributed by atoms with Gasteiger partial charge in [0.05, 0.1) is 24.8 Å². The Labute approximate surface area is 116 Å². The van der Waals surface area contributed by atoms with Gasteiger partial charge in [0.25, 0.3) is 6.43 Å². The van der Waals surface area contributed by atoms with Gasteiger partial charge in [0, 0.05) is 15.6 Å². The molecule has 1 aromatic heterocycles. The summed E-state index contributed by atoms with van der Waals surface area (Å²) in [4.78, 5) is 14.9. The summed E-state index contributed by atoms with van der Waals surface area (Å²) in [6.45, 7) is 0. The highest BCUT2D eigenvalue weighted by molar-refractivity contribution is 14.1. The standard InChI is InChI=1S/C10H9ClF2INO2/c1-17-7(16)2-6-8(10(12)13)9(14)5(3-11)4-15-6/h4,10H,2-3H2,1H3. The average Bonchev–Trinajstić information content (AvgIpc) is 2.28. The average molecular weight is 376 g/mol. The summed E-state index contributed by atoms with van der Waals surface area (Å²) in [5.74, 6) is -0.502. The molecule has 1 aromatic rings. The van der Waals surface area contributed by atoms with E-state index in [4.69, 9.17) is 11.6 Å². The highest BCUT2D eigenvalue weighted by atomic mass is 127. The van der Waals surface area contributed by atoms with E-state index in [0.717, 1.165) is 0 Å². The minimum Gasteiger partial charge on any atom is -0.469 e. The molecule has 0 atom stereocenters. The molecule has 0 fully saturated rings. The van der Waals surface area contributed by atoms with Crippen molar-refractivity contribution in [2.24, 2.45) is 0 Å². The first-order valence-corrected chi connectivity index (χ1v) is 6.19. The Bertz CT molecular complexity index is 429. The maximum Gasteiger partial charge on any atom is 0.311 e. The van der Waals surface area contributed by atoms with Gasteiger partial charge in [0.1, 0.15) is 0 Å². The molecule has 0 radical (unpaired) electrons. The van der Waals surface area contributed by atoms with Gasteiger partial charge in [0.15, 0.2) is 0 Å². The predicted octanol–water partition coefficient (Wildman–Crippen LogP) is 3.08. The maximum atomic E-state index is 12.9. The van der Waals surface area contributed by atoms with Crippen LogP contribution in [-0.4, -0.2) is 18.1 Å². The van der Waals surface area contributed by atoms with Crippen molar-refractivity contribution in [2.75, 3.05) is 7.11 Å². The monoisotopic (exact) mass is 375 g/mol. The second kappa shape index (κ2) is 6.44. The number of alkyl halides is 3. The van der Waals surface area contributed by atoms with Gasteiger partial charge < -0.3 is 4.74 Å². The van der Waals surface area contributed by atoms with Crippen molar-refractivity contribution in [1.29, 1.82) is 0 Å². The van der Waals surface area contributed by atoms with Crippen LogP contribution in [0.25, 0.3) is 0 Å². The van der Waals surface area contributed by atoms with Crippen molar-refractivity contribution < 1.29 is 18.3 Å². The van der Waals surface area contributed by atoms with Gasteiger partial charge in [-0.05, 0) is 28.2 Å². The summed E-state index contributed by atoms with van der Waals surface area (Å²) in [7, 11) is 1.20. The Morgan fingerprint density at radius 3 is 2.76 bits per heavy atom. The Morgan fingerprint density at radius 1 is 1.65 bits per heavy atom. The first-order valence-electron chi connectivity index (χ1n) is 4.58. The Morgan fingerprint density at radius 2 is 2.29 bits per heavy atom. The van der Waals surface area contributed by atoms with Gasteiger partial charge in [-0.25, -0.2) is 8.78 Å². The summed E-state index contributed by atoms with van der Waals surface area (Å²) < 4.78 is 30.6. The number of ether oxygens (including phenoxy) is 1. The van der Waals surface area contributed by atoms with Gasteiger partial charge >= 0.3 is 5.97 Å². The molecule has 1 rings (SSSR count). The highest BCUT2D eigenvalue weighted by Gasteiger charge is 2.22. The third-order valence-electron chi connectivity index (χ3n) is 2.11. The second-order valence-corrected chi connectivity index (χ2v) is 4.49. The summed E-state index contributed by atoms with van der Waals surface area (Å²) in [5, 5.41) is 0. The fourth-order valence-electron chi connectivity index (χ4n) is 1.25. The van der Waals surface area contributed by atoms with Crippen LogP contribution in [0.3, 0.4) is 0 Å². The van der Waals surface area contributed by atoms with Crippen molar-refractivity contribution in [2.45, 2.75) is 18.7 Å². The SMILES string of the molecule is COC(=O)Cc1ncc(CCl)c(I)c1C(F)F. The second-order valence-electron chi connectivity index (χ2n) is 3.15. The van der Waals surface area contributed by atoms with Crippen LogP contribution >= 0.6 is 34.2 Å². The molecule has 0 aliphatic heterocycles. The number of methoxy groups -OCH3 is 1. The highest BCUT2D eigenvalue weighted by Crippen LogP contribution is 2.30. The topological polar surface area (TPSA) is 39.2 Å². The zero-order valence-electron chi connectivity index (χ0n) is 8.84. The minimum atomic E-state index is -2.70. The Balaban J connectivity index is 3.21. The van der Waals surface area contributed by atoms with Gasteiger partial charge in [-0.2, -0.15) is 0 Å². The molecule has 1 heterocycles. The summed E-state index contributed by atoms with van der Waals surface area (Å²) in [6, 6.07) is 0. The predicted molar refractivity (Wildman–Crippen MR) is 67.2 cm³/mol. The van der Waals surface area contributed by atoms with E-state index in [1.54, 1.807) is 22.6 Å². The molecule has 7 heteroatoms. The maximum absolute atomic E-state index is 12.9. The third-order valence-corrected chi connectivity index (χ3v) is 3.67. The number of hydrogen-bond acceptors (Lipinski definition) is 3. The normalized spacial score (nSPS) is 10.7. The number of esters is 1. The van der Waals surface area contributed by atoms with Crippen LogP contribution in [0.15, 0.2) is 6.20 Å². The van der Waals surface area contributed by atoms with E-state index in [9.17, 15) is 13.6 Å². The fraction of sp³-hybridized carbons (Fsp3) is 0.400. The fourth-order valence-corrected chi connectivity index (χ4v) is 2.55. The number of carbonyl (C=O) groups excluding carboxylic acids is 1. The van der Waals surface area contributed by atoms with Gasteiger partial charge in [-0.3, -0.25) is 9.78 Å². The first-order chi connectivity index (χ1) is 8.01. The molecule has 0 saturated heterocycles. The van der Waals surface area contributed by atoms with Gasteiger partial charge in [0.2, 0.25) is 0 Å². The molecular weight excluding hydrogens is 366 g/mol. The molecule has 3 nitrogen and oxygen atoms in total. The van der Waals surface area contributed by atoms with E-state index in [-0.39, 0.29) is 23.6 Å². The lowest BCUT2D eigenvalue weighted by molar-refractivity contribution is -0.139. The number of nitrogens with zero attached hydrogens (tertiary/aromatic N) is 1. The number of rotatable bonds is 4. The van der Waals surface area contributed by atoms with Crippen LogP contribution in [0.2, 0.25) is 0 Å². The first kappa shape index (κ1) is 14.6. The van der Waals surface area contributed by atoms with Crippen LogP contribution in [0.5, 0.6) is 0 Å². The number of pyridine rings is 1. The lowest BCUT2D eigenvalue weighted by Crippen LogP contribution is -2.11. The van der Waals surface area contributed by atoms with E-state index >= 15 is 0 Å². The van der Waals surface area contributed by atoms with Crippen molar-refractivity contribution in [3.8, 4) is 0 Å². The molecule has 94 valence electrons. The van der Waals surface area contributed by atoms with Crippen LogP contribution in [-0.2, 0) is 21.8 Å². The van der Waals surface area contributed by atoms with E-state index < -0.39 is 12.4 Å². The molecule has 0 amide bonds. The number of aromatic nitrogens is 1. The zero-order chi connectivity index (χ0) is 13.0. The summed E-state index contributed by atoms with van der Waals surface area (Å²) in [5.41, 5.74) is 0.315. The van der Waals surface area contributed by atoms with Crippen molar-refractivity contribution in [3.63, 3.8) is 0 Å². The van der Waals surface area contributed by atoms with E-state index in [1.165, 1.54) is 13.3 Å². The lowest BCUT2D eigenvalue weighted by Gasteiger charge is -2.11. The minimum absolute atomic E-state index is 0.0325. The van der Waals surface area contributed by atoms with E-state index in [2.05, 4.69) is 9.72 Å². The van der Waals surface area contributed by atoms with Gasteiger partial charge in [-0.1, -0.05) is 0 Å². The van der Waals surface area contributed by atoms with E-state index in [0.29, 0.717) is 9.13 Å². The lowest BCUT2D eigenvalue weighted by atomic mass is 10.1. The molecule has 0 aromatic carbocycles. The Hall–Kier alpha value is -0.500. The molecule has 0 bridgehead atoms. The number of halogens is 4. The molecule has 0 unspecified atom stereocenters. The van der Waals surface area contributed by atoms with Crippen LogP contribution in [0.1, 0.15) is 23.2 Å². The zero-order valence-corrected chi connectivity index (χ0v) is 11.8. The smallest absolute Gasteiger partial charge is 0.311 e. The number of carbonyl (C=O) groups is 1. The summed E-state index contributed by atoms with van der Waals surface area (Å²) >= 11 is 7.40.